The second-order valence-corrected chi connectivity index (χ2v) is 12.1. The molecule has 0 aromatic heterocycles. The van der Waals surface area contributed by atoms with Gasteiger partial charge in [-0.2, -0.15) is 0 Å². The van der Waals surface area contributed by atoms with Crippen molar-refractivity contribution in [2.75, 3.05) is 27.2 Å². The first-order chi connectivity index (χ1) is 17.8. The topological polar surface area (TPSA) is 81.7 Å². The molecule has 1 saturated heterocycles. The Morgan fingerprint density at radius 2 is 1.79 bits per heavy atom. The molecule has 3 atom stereocenters. The summed E-state index contributed by atoms with van der Waals surface area (Å²) in [5.74, 6) is -0.381. The third kappa shape index (κ3) is 6.00. The van der Waals surface area contributed by atoms with E-state index in [1.807, 2.05) is 18.2 Å². The zero-order valence-corrected chi connectivity index (χ0v) is 23.8. The number of rotatable bonds is 6. The van der Waals surface area contributed by atoms with E-state index >= 15 is 0 Å². The predicted molar refractivity (Wildman–Crippen MR) is 146 cm³/mol. The molecule has 204 valence electrons. The Kier molecular flexibility index (Phi) is 8.12. The zero-order valence-electron chi connectivity index (χ0n) is 22.3. The number of amides is 1. The van der Waals surface area contributed by atoms with E-state index in [9.17, 15) is 14.4 Å². The Bertz CT molecular complexity index is 1250. The maximum absolute atomic E-state index is 13.1. The van der Waals surface area contributed by atoms with Crippen molar-refractivity contribution in [1.29, 1.82) is 0 Å². The largest absolute Gasteiger partial charge is 0.452 e. The Hall–Kier alpha value is -2.61. The van der Waals surface area contributed by atoms with Crippen molar-refractivity contribution >= 4 is 41.0 Å². The number of likely N-dealkylation sites (tertiary alicyclic amines) is 1. The molecule has 0 bridgehead atoms. The van der Waals surface area contributed by atoms with Gasteiger partial charge in [0.1, 0.15) is 12.3 Å². The van der Waals surface area contributed by atoms with E-state index in [2.05, 4.69) is 19.4 Å². The lowest BCUT2D eigenvalue weighted by Crippen LogP contribution is -2.71. The number of benzene rings is 2. The molecule has 9 heteroatoms. The van der Waals surface area contributed by atoms with E-state index in [4.69, 9.17) is 32.7 Å². The van der Waals surface area contributed by atoms with Crippen LogP contribution in [0.1, 0.15) is 50.7 Å². The molecule has 1 amide bonds. The van der Waals surface area contributed by atoms with Crippen LogP contribution in [0, 0.1) is 0 Å². The Balaban J connectivity index is 1.68. The van der Waals surface area contributed by atoms with E-state index in [0.717, 1.165) is 24.1 Å². The Morgan fingerprint density at radius 1 is 1.03 bits per heavy atom. The average Bonchev–Trinajstić information content (AvgIpc) is 2.80. The van der Waals surface area contributed by atoms with Gasteiger partial charge in [0, 0.05) is 31.7 Å². The van der Waals surface area contributed by atoms with Crippen LogP contribution in [0.2, 0.25) is 10.0 Å². The number of nitrogens with zero attached hydrogens (tertiary/aromatic N) is 1. The van der Waals surface area contributed by atoms with Crippen molar-refractivity contribution in [2.45, 2.75) is 63.0 Å². The molecular formula is C29H35Cl2N2O5+. The molecule has 2 aromatic carbocycles. The molecule has 0 spiro atoms. The molecule has 0 radical (unpaired) electrons. The first kappa shape index (κ1) is 28.4. The van der Waals surface area contributed by atoms with E-state index < -0.39 is 17.0 Å². The maximum atomic E-state index is 13.1. The summed E-state index contributed by atoms with van der Waals surface area (Å²) in [6.07, 6.45) is 2.80. The fourth-order valence-electron chi connectivity index (χ4n) is 6.42. The number of hydrogen-bond donors (Lipinski definition) is 1. The van der Waals surface area contributed by atoms with Crippen molar-refractivity contribution < 1.29 is 28.3 Å². The van der Waals surface area contributed by atoms with Gasteiger partial charge in [-0.15, -0.1) is 0 Å². The SMILES string of the molecule is CC(=O)Oc1cccc([C@@]23CC[N+](C)(C)C[C@@]2(OC(C)=O)CC[C@H](NC(=O)Cc2ccc(Cl)c(Cl)c2)C3)c1. The van der Waals surface area contributed by atoms with Crippen molar-refractivity contribution in [2.24, 2.45) is 0 Å². The zero-order chi connectivity index (χ0) is 27.7. The van der Waals surface area contributed by atoms with Gasteiger partial charge in [0.25, 0.3) is 0 Å². The first-order valence-corrected chi connectivity index (χ1v) is 13.6. The summed E-state index contributed by atoms with van der Waals surface area (Å²) in [4.78, 5) is 37.2. The van der Waals surface area contributed by atoms with Crippen molar-refractivity contribution in [3.63, 3.8) is 0 Å². The number of piperidine rings is 1. The quantitative estimate of drug-likeness (QED) is 0.309. The van der Waals surface area contributed by atoms with E-state index in [-0.39, 0.29) is 24.3 Å². The van der Waals surface area contributed by atoms with Gasteiger partial charge in [0.15, 0.2) is 5.60 Å². The molecule has 38 heavy (non-hydrogen) atoms. The van der Waals surface area contributed by atoms with E-state index in [1.54, 1.807) is 24.3 Å². The molecule has 2 fully saturated rings. The summed E-state index contributed by atoms with van der Waals surface area (Å²) in [7, 11) is 4.30. The molecule has 1 aliphatic carbocycles. The summed E-state index contributed by atoms with van der Waals surface area (Å²) >= 11 is 12.2. The number of nitrogens with one attached hydrogen (secondary N) is 1. The van der Waals surface area contributed by atoms with Crippen LogP contribution in [0.15, 0.2) is 42.5 Å². The molecule has 7 nitrogen and oxygen atoms in total. The standard InChI is InChI=1S/C29H34Cl2N2O5/c1-19(34)37-24-7-5-6-22(16-24)28-12-13-33(3,4)18-29(28,38-20(2)35)11-10-23(17-28)32-27(36)15-21-8-9-25(30)26(31)14-21/h5-9,14,16,23H,10-13,15,17-18H2,1-4H3/p+1/t23-,28-,29-/m0/s1. The third-order valence-electron chi connectivity index (χ3n) is 7.89. The van der Waals surface area contributed by atoms with Crippen LogP contribution in [0.25, 0.3) is 0 Å². The normalized spacial score (nSPS) is 26.1. The fourth-order valence-corrected chi connectivity index (χ4v) is 6.74. The number of quaternary nitrogens is 1. The van der Waals surface area contributed by atoms with Crippen LogP contribution in [0.5, 0.6) is 5.75 Å². The van der Waals surface area contributed by atoms with Crippen LogP contribution in [0.3, 0.4) is 0 Å². The predicted octanol–water partition coefficient (Wildman–Crippen LogP) is 4.85. The minimum absolute atomic E-state index is 0.107. The number of halogens is 2. The van der Waals surface area contributed by atoms with Crippen molar-refractivity contribution in [3.8, 4) is 5.75 Å². The van der Waals surface area contributed by atoms with Gasteiger partial charge in [-0.1, -0.05) is 41.4 Å². The monoisotopic (exact) mass is 561 g/mol. The molecular weight excluding hydrogens is 527 g/mol. The molecule has 1 saturated carbocycles. The van der Waals surface area contributed by atoms with Gasteiger partial charge >= 0.3 is 11.9 Å². The summed E-state index contributed by atoms with van der Waals surface area (Å²) in [6.45, 7) is 4.34. The molecule has 4 rings (SSSR count). The van der Waals surface area contributed by atoms with Gasteiger partial charge in [0.2, 0.25) is 5.91 Å². The first-order valence-electron chi connectivity index (χ1n) is 12.9. The number of likely N-dealkylation sites (N-methyl/N-ethyl adjacent to an activating group) is 1. The van der Waals surface area contributed by atoms with Gasteiger partial charge in [-0.05, 0) is 54.7 Å². The third-order valence-corrected chi connectivity index (χ3v) is 8.63. The van der Waals surface area contributed by atoms with Crippen molar-refractivity contribution in [3.05, 3.63) is 63.6 Å². The number of fused-ring (bicyclic) bond motifs is 1. The molecule has 1 N–H and O–H groups in total. The number of carbonyl (C=O) groups excluding carboxylic acids is 3. The number of carbonyl (C=O) groups is 3. The number of esters is 2. The van der Waals surface area contributed by atoms with Gasteiger partial charge in [0.05, 0.1) is 37.1 Å². The van der Waals surface area contributed by atoms with Crippen LogP contribution in [0.4, 0.5) is 0 Å². The molecule has 0 unspecified atom stereocenters. The smallest absolute Gasteiger partial charge is 0.308 e. The minimum atomic E-state index is -0.764. The minimum Gasteiger partial charge on any atom is -0.452 e. The van der Waals surface area contributed by atoms with Gasteiger partial charge in [-0.3, -0.25) is 14.4 Å². The number of ether oxygens (including phenoxy) is 2. The summed E-state index contributed by atoms with van der Waals surface area (Å²) in [5, 5.41) is 4.08. The van der Waals surface area contributed by atoms with Crippen LogP contribution in [-0.2, 0) is 31.0 Å². The molecule has 1 heterocycles. The lowest BCUT2D eigenvalue weighted by molar-refractivity contribution is -0.904. The Labute approximate surface area is 234 Å². The summed E-state index contributed by atoms with van der Waals surface area (Å²) < 4.78 is 12.4. The highest BCUT2D eigenvalue weighted by Crippen LogP contribution is 2.55. The molecule has 2 aliphatic rings. The molecule has 2 aromatic rings. The fraction of sp³-hybridized carbons (Fsp3) is 0.483. The van der Waals surface area contributed by atoms with Crippen molar-refractivity contribution in [1.82, 2.24) is 5.32 Å². The highest BCUT2D eigenvalue weighted by molar-refractivity contribution is 6.42. The maximum Gasteiger partial charge on any atom is 0.308 e. The highest BCUT2D eigenvalue weighted by atomic mass is 35.5. The number of hydrogen-bond acceptors (Lipinski definition) is 5. The highest BCUT2D eigenvalue weighted by Gasteiger charge is 2.64. The second-order valence-electron chi connectivity index (χ2n) is 11.3. The molecule has 1 aliphatic heterocycles. The summed E-state index contributed by atoms with van der Waals surface area (Å²) in [6, 6.07) is 12.6. The lowest BCUT2D eigenvalue weighted by atomic mass is 9.54. The van der Waals surface area contributed by atoms with Gasteiger partial charge < -0.3 is 19.3 Å². The van der Waals surface area contributed by atoms with Crippen LogP contribution < -0.4 is 10.1 Å². The van der Waals surface area contributed by atoms with Crippen LogP contribution >= 0.6 is 23.2 Å². The second kappa shape index (κ2) is 10.9. The van der Waals surface area contributed by atoms with Gasteiger partial charge in [-0.25, -0.2) is 0 Å². The lowest BCUT2D eigenvalue weighted by Gasteiger charge is -2.60. The van der Waals surface area contributed by atoms with Crippen LogP contribution in [-0.4, -0.2) is 61.2 Å². The van der Waals surface area contributed by atoms with E-state index in [0.29, 0.717) is 46.1 Å². The summed E-state index contributed by atoms with van der Waals surface area (Å²) in [5.41, 5.74) is 0.394. The van der Waals surface area contributed by atoms with E-state index in [1.165, 1.54) is 13.8 Å². The average molecular weight is 563 g/mol. The Morgan fingerprint density at radius 3 is 2.47 bits per heavy atom.